The van der Waals surface area contributed by atoms with E-state index in [0.29, 0.717) is 24.1 Å². The van der Waals surface area contributed by atoms with Crippen LogP contribution in [0, 0.1) is 5.82 Å². The average Bonchev–Trinajstić information content (AvgIpc) is 2.42. The summed E-state index contributed by atoms with van der Waals surface area (Å²) in [6.45, 7) is 0. The number of hydrogen-bond acceptors (Lipinski definition) is 3. The average molecular weight is 278 g/mol. The Morgan fingerprint density at radius 3 is 2.55 bits per heavy atom. The van der Waals surface area contributed by atoms with Gasteiger partial charge < -0.3 is 10.2 Å². The molecule has 0 bridgehead atoms. The van der Waals surface area contributed by atoms with E-state index in [1.54, 1.807) is 20.2 Å². The normalized spacial score (nSPS) is 16.1. The van der Waals surface area contributed by atoms with E-state index in [-0.39, 0.29) is 17.7 Å². The number of anilines is 1. The Kier molecular flexibility index (Phi) is 4.37. The number of nitrogens with one attached hydrogen (secondary N) is 1. The molecule has 0 spiro atoms. The monoisotopic (exact) mass is 278 g/mol. The van der Waals surface area contributed by atoms with Crippen molar-refractivity contribution in [3.8, 4) is 0 Å². The summed E-state index contributed by atoms with van der Waals surface area (Å²) in [6.07, 6.45) is 2.64. The molecule has 1 aromatic rings. The van der Waals surface area contributed by atoms with Crippen LogP contribution in [0.1, 0.15) is 36.0 Å². The molecule has 1 amide bonds. The molecule has 2 rings (SSSR count). The number of hydrogen-bond donors (Lipinski definition) is 1. The van der Waals surface area contributed by atoms with Gasteiger partial charge in [-0.2, -0.15) is 0 Å². The van der Waals surface area contributed by atoms with Crippen molar-refractivity contribution in [2.75, 3.05) is 19.4 Å². The second-order valence-electron chi connectivity index (χ2n) is 5.35. The molecule has 0 radical (unpaired) electrons. The van der Waals surface area contributed by atoms with Crippen LogP contribution in [-0.2, 0) is 4.79 Å². The number of nitrogens with zero attached hydrogens (tertiary/aromatic N) is 1. The number of Topliss-reactive ketones (excluding diaryl/α,β-unsaturated/α-hetero) is 1. The zero-order chi connectivity index (χ0) is 14.7. The van der Waals surface area contributed by atoms with Gasteiger partial charge in [-0.1, -0.05) is 0 Å². The van der Waals surface area contributed by atoms with Crippen LogP contribution in [0.2, 0.25) is 0 Å². The fourth-order valence-corrected chi connectivity index (χ4v) is 2.36. The molecule has 1 aliphatic rings. The Hall–Kier alpha value is -1.91. The smallest absolute Gasteiger partial charge is 0.255 e. The zero-order valence-electron chi connectivity index (χ0n) is 11.8. The summed E-state index contributed by atoms with van der Waals surface area (Å²) in [4.78, 5) is 24.7. The fraction of sp³-hybridized carbons (Fsp3) is 0.467. The molecule has 0 unspecified atom stereocenters. The standard InChI is InChI=1S/C15H19FN2O2/c1-18(2)15(20)13-9-10(16)3-8-14(13)17-11-4-6-12(19)7-5-11/h3,8-9,11,17H,4-7H2,1-2H3. The highest BCUT2D eigenvalue weighted by Gasteiger charge is 2.21. The first-order chi connectivity index (χ1) is 9.47. The zero-order valence-corrected chi connectivity index (χ0v) is 11.8. The number of ketones is 1. The van der Waals surface area contributed by atoms with Crippen LogP contribution in [0.25, 0.3) is 0 Å². The second kappa shape index (κ2) is 6.03. The predicted molar refractivity (Wildman–Crippen MR) is 75.3 cm³/mol. The van der Waals surface area contributed by atoms with Crippen molar-refractivity contribution in [3.05, 3.63) is 29.6 Å². The molecule has 1 aromatic carbocycles. The number of benzene rings is 1. The molecule has 5 heteroatoms. The van der Waals surface area contributed by atoms with Crippen LogP contribution in [0.4, 0.5) is 10.1 Å². The van der Waals surface area contributed by atoms with E-state index >= 15 is 0 Å². The molecule has 1 N–H and O–H groups in total. The lowest BCUT2D eigenvalue weighted by Crippen LogP contribution is -2.28. The Morgan fingerprint density at radius 1 is 1.30 bits per heavy atom. The van der Waals surface area contributed by atoms with Crippen LogP contribution in [-0.4, -0.2) is 36.7 Å². The van der Waals surface area contributed by atoms with Crippen molar-refractivity contribution >= 4 is 17.4 Å². The third-order valence-corrected chi connectivity index (χ3v) is 3.52. The Bertz CT molecular complexity index is 519. The summed E-state index contributed by atoms with van der Waals surface area (Å²) in [5.74, 6) is -0.384. The lowest BCUT2D eigenvalue weighted by molar-refractivity contribution is -0.120. The van der Waals surface area contributed by atoms with Crippen molar-refractivity contribution in [1.29, 1.82) is 0 Å². The molecular weight excluding hydrogens is 259 g/mol. The summed E-state index contributed by atoms with van der Waals surface area (Å²) in [6, 6.07) is 4.33. The van der Waals surface area contributed by atoms with Gasteiger partial charge in [0.25, 0.3) is 5.91 Å². The minimum atomic E-state index is -0.431. The van der Waals surface area contributed by atoms with Crippen molar-refractivity contribution in [2.45, 2.75) is 31.7 Å². The van der Waals surface area contributed by atoms with E-state index in [4.69, 9.17) is 0 Å². The first-order valence-corrected chi connectivity index (χ1v) is 6.77. The maximum absolute atomic E-state index is 13.4. The maximum atomic E-state index is 13.4. The summed E-state index contributed by atoms with van der Waals surface area (Å²) in [5.41, 5.74) is 0.955. The molecule has 1 saturated carbocycles. The Balaban J connectivity index is 2.18. The van der Waals surface area contributed by atoms with Gasteiger partial charge in [-0.05, 0) is 31.0 Å². The first-order valence-electron chi connectivity index (χ1n) is 6.77. The topological polar surface area (TPSA) is 49.4 Å². The van der Waals surface area contributed by atoms with Crippen LogP contribution in [0.15, 0.2) is 18.2 Å². The van der Waals surface area contributed by atoms with Gasteiger partial charge >= 0.3 is 0 Å². The largest absolute Gasteiger partial charge is 0.382 e. The van der Waals surface area contributed by atoms with Crippen molar-refractivity contribution in [1.82, 2.24) is 4.90 Å². The van der Waals surface area contributed by atoms with E-state index < -0.39 is 5.82 Å². The SMILES string of the molecule is CN(C)C(=O)c1cc(F)ccc1NC1CCC(=O)CC1. The molecule has 0 saturated heterocycles. The minimum Gasteiger partial charge on any atom is -0.382 e. The second-order valence-corrected chi connectivity index (χ2v) is 5.35. The molecule has 20 heavy (non-hydrogen) atoms. The quantitative estimate of drug-likeness (QED) is 0.924. The Labute approximate surface area is 118 Å². The van der Waals surface area contributed by atoms with Gasteiger partial charge in [-0.25, -0.2) is 4.39 Å². The number of halogens is 1. The van der Waals surface area contributed by atoms with Crippen molar-refractivity contribution < 1.29 is 14.0 Å². The molecular formula is C15H19FN2O2. The molecule has 1 aliphatic carbocycles. The van der Waals surface area contributed by atoms with E-state index in [1.165, 1.54) is 17.0 Å². The van der Waals surface area contributed by atoms with Gasteiger partial charge in [-0.3, -0.25) is 9.59 Å². The van der Waals surface area contributed by atoms with Gasteiger partial charge in [0.1, 0.15) is 11.6 Å². The summed E-state index contributed by atoms with van der Waals surface area (Å²) in [7, 11) is 3.27. The highest BCUT2D eigenvalue weighted by molar-refractivity contribution is 5.99. The van der Waals surface area contributed by atoms with Gasteiger partial charge in [0.15, 0.2) is 0 Å². The Morgan fingerprint density at radius 2 is 1.95 bits per heavy atom. The van der Waals surface area contributed by atoms with E-state index in [1.807, 2.05) is 0 Å². The summed E-state index contributed by atoms with van der Waals surface area (Å²) >= 11 is 0. The third kappa shape index (κ3) is 3.35. The van der Waals surface area contributed by atoms with E-state index in [9.17, 15) is 14.0 Å². The number of amides is 1. The first kappa shape index (κ1) is 14.5. The van der Waals surface area contributed by atoms with Crippen LogP contribution in [0.5, 0.6) is 0 Å². The van der Waals surface area contributed by atoms with Crippen molar-refractivity contribution in [3.63, 3.8) is 0 Å². The highest BCUT2D eigenvalue weighted by Crippen LogP contribution is 2.24. The molecule has 108 valence electrons. The molecule has 0 atom stereocenters. The third-order valence-electron chi connectivity index (χ3n) is 3.52. The molecule has 0 heterocycles. The highest BCUT2D eigenvalue weighted by atomic mass is 19.1. The summed E-state index contributed by atoms with van der Waals surface area (Å²) < 4.78 is 13.4. The van der Waals surface area contributed by atoms with Crippen LogP contribution >= 0.6 is 0 Å². The van der Waals surface area contributed by atoms with E-state index in [0.717, 1.165) is 12.8 Å². The van der Waals surface area contributed by atoms with Gasteiger partial charge in [0.05, 0.1) is 5.56 Å². The molecule has 0 aromatic heterocycles. The van der Waals surface area contributed by atoms with E-state index in [2.05, 4.69) is 5.32 Å². The van der Waals surface area contributed by atoms with Gasteiger partial charge in [-0.15, -0.1) is 0 Å². The van der Waals surface area contributed by atoms with Gasteiger partial charge in [0, 0.05) is 38.7 Å². The number of carbonyl (C=O) groups is 2. The van der Waals surface area contributed by atoms with Crippen molar-refractivity contribution in [2.24, 2.45) is 0 Å². The molecule has 4 nitrogen and oxygen atoms in total. The maximum Gasteiger partial charge on any atom is 0.255 e. The number of carbonyl (C=O) groups excluding carboxylic acids is 2. The van der Waals surface area contributed by atoms with Gasteiger partial charge in [0.2, 0.25) is 0 Å². The fourth-order valence-electron chi connectivity index (χ4n) is 2.36. The minimum absolute atomic E-state index is 0.159. The predicted octanol–water partition coefficient (Wildman–Crippen LogP) is 2.45. The molecule has 0 aliphatic heterocycles. The lowest BCUT2D eigenvalue weighted by atomic mass is 9.94. The van der Waals surface area contributed by atoms with Crippen LogP contribution < -0.4 is 5.32 Å². The van der Waals surface area contributed by atoms with Crippen LogP contribution in [0.3, 0.4) is 0 Å². The lowest BCUT2D eigenvalue weighted by Gasteiger charge is -2.25. The number of rotatable bonds is 3. The molecule has 1 fully saturated rings. The summed E-state index contributed by atoms with van der Waals surface area (Å²) in [5, 5.41) is 3.27.